The Morgan fingerprint density at radius 3 is 1.65 bits per heavy atom. The van der Waals surface area contributed by atoms with Gasteiger partial charge in [0.05, 0.1) is 0 Å². The summed E-state index contributed by atoms with van der Waals surface area (Å²) in [6.45, 7) is 9.28. The molecule has 0 radical (unpaired) electrons. The molecule has 0 aliphatic carbocycles. The molecule has 6 N–H and O–H groups in total. The third-order valence-electron chi connectivity index (χ3n) is 4.52. The number of rotatable bonds is 18. The molecule has 0 fully saturated rings. The van der Waals surface area contributed by atoms with Crippen LogP contribution in [0.2, 0.25) is 0 Å². The molecular formula is C21H41N5. The molecule has 0 unspecified atom stereocenters. The lowest BCUT2D eigenvalue weighted by molar-refractivity contribution is 0.256. The summed E-state index contributed by atoms with van der Waals surface area (Å²) >= 11 is 0. The van der Waals surface area contributed by atoms with Gasteiger partial charge in [0.15, 0.2) is 0 Å². The first-order chi connectivity index (χ1) is 12.9. The van der Waals surface area contributed by atoms with E-state index in [0.717, 1.165) is 71.7 Å². The fourth-order valence-corrected chi connectivity index (χ4v) is 3.01. The molecule has 0 amide bonds. The fraction of sp³-hybridized carbons (Fsp3) is 0.714. The highest BCUT2D eigenvalue weighted by molar-refractivity contribution is 5.14. The first-order valence-corrected chi connectivity index (χ1v) is 10.4. The summed E-state index contributed by atoms with van der Waals surface area (Å²) in [7, 11) is 0. The van der Waals surface area contributed by atoms with E-state index in [1.807, 2.05) is 0 Å². The number of unbranched alkanes of at least 4 members (excludes halogenated alkanes) is 2. The van der Waals surface area contributed by atoms with Crippen molar-refractivity contribution in [2.24, 2.45) is 11.5 Å². The lowest BCUT2D eigenvalue weighted by Gasteiger charge is -2.23. The van der Waals surface area contributed by atoms with Crippen LogP contribution in [0.15, 0.2) is 30.3 Å². The second-order valence-corrected chi connectivity index (χ2v) is 6.96. The lowest BCUT2D eigenvalue weighted by atomic mass is 10.2. The third kappa shape index (κ3) is 13.3. The molecule has 0 saturated heterocycles. The quantitative estimate of drug-likeness (QED) is 0.300. The Morgan fingerprint density at radius 1 is 0.654 bits per heavy atom. The smallest absolute Gasteiger partial charge is 0.0233 e. The Bertz CT molecular complexity index is 381. The summed E-state index contributed by atoms with van der Waals surface area (Å²) in [6, 6.07) is 10.8. The van der Waals surface area contributed by atoms with E-state index in [1.54, 1.807) is 0 Å². The van der Waals surface area contributed by atoms with Gasteiger partial charge in [-0.05, 0) is 96.4 Å². The van der Waals surface area contributed by atoms with Gasteiger partial charge >= 0.3 is 0 Å². The van der Waals surface area contributed by atoms with Crippen LogP contribution in [-0.4, -0.2) is 57.3 Å². The van der Waals surface area contributed by atoms with Crippen LogP contribution in [-0.2, 0) is 6.54 Å². The van der Waals surface area contributed by atoms with Gasteiger partial charge in [-0.1, -0.05) is 30.3 Å². The monoisotopic (exact) mass is 363 g/mol. The van der Waals surface area contributed by atoms with E-state index < -0.39 is 0 Å². The van der Waals surface area contributed by atoms with Gasteiger partial charge < -0.3 is 22.1 Å². The minimum atomic E-state index is 0.798. The maximum absolute atomic E-state index is 5.53. The van der Waals surface area contributed by atoms with Crippen molar-refractivity contribution in [2.45, 2.75) is 45.1 Å². The van der Waals surface area contributed by atoms with Crippen molar-refractivity contribution in [3.8, 4) is 0 Å². The van der Waals surface area contributed by atoms with Crippen molar-refractivity contribution in [1.82, 2.24) is 15.5 Å². The second-order valence-electron chi connectivity index (χ2n) is 6.96. The van der Waals surface area contributed by atoms with Crippen molar-refractivity contribution in [3.05, 3.63) is 35.9 Å². The van der Waals surface area contributed by atoms with Gasteiger partial charge in [0.2, 0.25) is 0 Å². The zero-order valence-electron chi connectivity index (χ0n) is 16.6. The first kappa shape index (κ1) is 23.1. The van der Waals surface area contributed by atoms with E-state index in [-0.39, 0.29) is 0 Å². The molecule has 0 aromatic heterocycles. The standard InChI is InChI=1S/C21H41N5/c22-12-4-6-14-24-16-8-18-26(20-21-10-2-1-3-11-21)19-9-17-25-15-7-5-13-23/h1-3,10-11,24-25H,4-9,12-20,22-23H2. The van der Waals surface area contributed by atoms with Crippen molar-refractivity contribution < 1.29 is 0 Å². The van der Waals surface area contributed by atoms with E-state index in [9.17, 15) is 0 Å². The number of hydrogen-bond acceptors (Lipinski definition) is 5. The summed E-state index contributed by atoms with van der Waals surface area (Å²) in [5, 5.41) is 7.06. The maximum Gasteiger partial charge on any atom is 0.0233 e. The molecule has 26 heavy (non-hydrogen) atoms. The molecule has 0 saturated carbocycles. The third-order valence-corrected chi connectivity index (χ3v) is 4.52. The predicted octanol–water partition coefficient (Wildman–Crippen LogP) is 1.93. The van der Waals surface area contributed by atoms with Gasteiger partial charge in [-0.25, -0.2) is 0 Å². The second kappa shape index (κ2) is 17.4. The predicted molar refractivity (Wildman–Crippen MR) is 113 cm³/mol. The van der Waals surface area contributed by atoms with E-state index in [2.05, 4.69) is 45.9 Å². The van der Waals surface area contributed by atoms with E-state index in [1.165, 1.54) is 31.2 Å². The van der Waals surface area contributed by atoms with Gasteiger partial charge in [-0.3, -0.25) is 4.90 Å². The first-order valence-electron chi connectivity index (χ1n) is 10.4. The Morgan fingerprint density at radius 2 is 1.15 bits per heavy atom. The molecule has 5 heteroatoms. The van der Waals surface area contributed by atoms with Gasteiger partial charge in [-0.15, -0.1) is 0 Å². The zero-order chi connectivity index (χ0) is 18.7. The topological polar surface area (TPSA) is 79.3 Å². The SMILES string of the molecule is NCCCCNCCCN(CCCNCCCCN)Cc1ccccc1. The lowest BCUT2D eigenvalue weighted by Crippen LogP contribution is -2.30. The molecule has 0 heterocycles. The summed E-state index contributed by atoms with van der Waals surface area (Å²) in [5.41, 5.74) is 12.5. The highest BCUT2D eigenvalue weighted by Crippen LogP contribution is 2.05. The molecular weight excluding hydrogens is 322 g/mol. The van der Waals surface area contributed by atoms with Crippen LogP contribution in [0.3, 0.4) is 0 Å². The molecule has 0 aliphatic rings. The van der Waals surface area contributed by atoms with Gasteiger partial charge in [0, 0.05) is 6.54 Å². The summed E-state index contributed by atoms with van der Waals surface area (Å²) in [6.07, 6.45) is 6.98. The van der Waals surface area contributed by atoms with Crippen molar-refractivity contribution in [1.29, 1.82) is 0 Å². The number of nitrogens with one attached hydrogen (secondary N) is 2. The van der Waals surface area contributed by atoms with Crippen LogP contribution >= 0.6 is 0 Å². The molecule has 150 valence electrons. The average molecular weight is 364 g/mol. The molecule has 1 aromatic carbocycles. The number of hydrogen-bond donors (Lipinski definition) is 4. The van der Waals surface area contributed by atoms with E-state index in [4.69, 9.17) is 11.5 Å². The van der Waals surface area contributed by atoms with E-state index >= 15 is 0 Å². The summed E-state index contributed by atoms with van der Waals surface area (Å²) in [4.78, 5) is 2.58. The Balaban J connectivity index is 2.21. The Kier molecular flexibility index (Phi) is 15.5. The van der Waals surface area contributed by atoms with Crippen LogP contribution in [0.25, 0.3) is 0 Å². The number of nitrogens with zero attached hydrogens (tertiary/aromatic N) is 1. The molecule has 1 rings (SSSR count). The largest absolute Gasteiger partial charge is 0.330 e. The van der Waals surface area contributed by atoms with Crippen LogP contribution in [0.1, 0.15) is 44.1 Å². The minimum absolute atomic E-state index is 0.798. The van der Waals surface area contributed by atoms with Crippen LogP contribution in [0.4, 0.5) is 0 Å². The van der Waals surface area contributed by atoms with Crippen LogP contribution in [0, 0.1) is 0 Å². The molecule has 1 aromatic rings. The minimum Gasteiger partial charge on any atom is -0.330 e. The maximum atomic E-state index is 5.53. The summed E-state index contributed by atoms with van der Waals surface area (Å²) in [5.74, 6) is 0. The number of benzene rings is 1. The highest BCUT2D eigenvalue weighted by Gasteiger charge is 2.05. The summed E-state index contributed by atoms with van der Waals surface area (Å²) < 4.78 is 0. The molecule has 5 nitrogen and oxygen atoms in total. The molecule has 0 bridgehead atoms. The van der Waals surface area contributed by atoms with E-state index in [0.29, 0.717) is 0 Å². The van der Waals surface area contributed by atoms with Crippen molar-refractivity contribution in [2.75, 3.05) is 52.4 Å². The van der Waals surface area contributed by atoms with Crippen LogP contribution in [0.5, 0.6) is 0 Å². The molecule has 0 spiro atoms. The molecule has 0 aliphatic heterocycles. The Hall–Kier alpha value is -0.980. The zero-order valence-corrected chi connectivity index (χ0v) is 16.6. The Labute approximate surface area is 160 Å². The highest BCUT2D eigenvalue weighted by atomic mass is 15.1. The van der Waals surface area contributed by atoms with Crippen LogP contribution < -0.4 is 22.1 Å². The van der Waals surface area contributed by atoms with Gasteiger partial charge in [-0.2, -0.15) is 0 Å². The van der Waals surface area contributed by atoms with Crippen molar-refractivity contribution >= 4 is 0 Å². The fourth-order valence-electron chi connectivity index (χ4n) is 3.01. The molecule has 0 atom stereocenters. The average Bonchev–Trinajstić information content (AvgIpc) is 2.67. The number of nitrogens with two attached hydrogens (primary N) is 2. The van der Waals surface area contributed by atoms with Crippen molar-refractivity contribution in [3.63, 3.8) is 0 Å². The van der Waals surface area contributed by atoms with Gasteiger partial charge in [0.25, 0.3) is 0 Å². The van der Waals surface area contributed by atoms with Gasteiger partial charge in [0.1, 0.15) is 0 Å². The normalized spacial score (nSPS) is 11.3.